The molecule has 0 radical (unpaired) electrons. The number of thiophene rings is 2. The molecule has 1 saturated heterocycles. The molecule has 2 unspecified atom stereocenters. The Balaban J connectivity index is 1.31. The van der Waals surface area contributed by atoms with Crippen molar-refractivity contribution < 1.29 is 23.8 Å². The lowest BCUT2D eigenvalue weighted by Gasteiger charge is -2.28. The molecule has 3 aromatic rings. The maximum absolute atomic E-state index is 14.6. The van der Waals surface area contributed by atoms with Gasteiger partial charge in [-0.15, -0.1) is 22.7 Å². The lowest BCUT2D eigenvalue weighted by atomic mass is 10.0. The Bertz CT molecular complexity index is 1250. The number of nitrogens with one attached hydrogen (secondary N) is 1. The SMILES string of the molecule is O=C(NC(CN1CCCC1)C(O)c1ccc(OC2CC2)c(F)c1)C(=O)c1ccc(-c2ccc(Cl)s2)s1. The number of amides is 1. The van der Waals surface area contributed by atoms with Gasteiger partial charge in [0, 0.05) is 16.3 Å². The zero-order chi connectivity index (χ0) is 25.2. The number of aliphatic hydroxyl groups is 1. The van der Waals surface area contributed by atoms with E-state index >= 15 is 0 Å². The summed E-state index contributed by atoms with van der Waals surface area (Å²) in [6, 6.07) is 10.6. The first-order valence-electron chi connectivity index (χ1n) is 11.9. The van der Waals surface area contributed by atoms with Gasteiger partial charge >= 0.3 is 0 Å². The van der Waals surface area contributed by atoms with Crippen LogP contribution in [-0.2, 0) is 4.79 Å². The predicted molar refractivity (Wildman–Crippen MR) is 140 cm³/mol. The summed E-state index contributed by atoms with van der Waals surface area (Å²) in [5.41, 5.74) is 0.320. The smallest absolute Gasteiger partial charge is 0.293 e. The minimum Gasteiger partial charge on any atom is -0.487 e. The van der Waals surface area contributed by atoms with Crippen LogP contribution < -0.4 is 10.1 Å². The molecule has 10 heteroatoms. The monoisotopic (exact) mass is 548 g/mol. The Morgan fingerprint density at radius 3 is 2.50 bits per heavy atom. The standard InChI is InChI=1S/C26H26ClFN2O4S2/c27-23-10-9-21(36-23)20-7-8-22(35-20)25(32)26(33)29-18(14-30-11-1-2-12-30)24(31)15-3-6-19(17(28)13-15)34-16-4-5-16/h3,6-10,13,16,18,24,31H,1-2,4-5,11-12,14H2,(H,29,33). The van der Waals surface area contributed by atoms with Gasteiger partial charge in [-0.25, -0.2) is 4.39 Å². The number of carbonyl (C=O) groups excluding carboxylic acids is 2. The molecule has 5 rings (SSSR count). The van der Waals surface area contributed by atoms with Gasteiger partial charge in [0.25, 0.3) is 11.7 Å². The van der Waals surface area contributed by atoms with E-state index in [1.807, 2.05) is 6.07 Å². The normalized spacial score (nSPS) is 17.6. The number of likely N-dealkylation sites (tertiary alicyclic amines) is 1. The minimum absolute atomic E-state index is 0.0538. The molecule has 1 aromatic carbocycles. The highest BCUT2D eigenvalue weighted by Gasteiger charge is 2.31. The summed E-state index contributed by atoms with van der Waals surface area (Å²) in [4.78, 5) is 30.1. The number of aliphatic hydroxyl groups excluding tert-OH is 1. The summed E-state index contributed by atoms with van der Waals surface area (Å²) in [7, 11) is 0. The summed E-state index contributed by atoms with van der Waals surface area (Å²) in [5, 5.41) is 13.9. The van der Waals surface area contributed by atoms with Crippen molar-refractivity contribution in [3.8, 4) is 15.5 Å². The van der Waals surface area contributed by atoms with Gasteiger partial charge in [0.05, 0.1) is 21.4 Å². The van der Waals surface area contributed by atoms with Gasteiger partial charge in [-0.2, -0.15) is 0 Å². The second-order valence-electron chi connectivity index (χ2n) is 9.14. The molecule has 0 spiro atoms. The quantitative estimate of drug-likeness (QED) is 0.265. The number of ketones is 1. The summed E-state index contributed by atoms with van der Waals surface area (Å²) in [6.07, 6.45) is 2.74. The summed E-state index contributed by atoms with van der Waals surface area (Å²) in [5.74, 6) is -1.87. The van der Waals surface area contributed by atoms with Crippen LogP contribution in [0.25, 0.3) is 9.75 Å². The molecule has 2 fully saturated rings. The molecule has 2 N–H and O–H groups in total. The van der Waals surface area contributed by atoms with Crippen molar-refractivity contribution in [3.05, 3.63) is 63.1 Å². The van der Waals surface area contributed by atoms with Gasteiger partial charge in [0.15, 0.2) is 11.6 Å². The Labute approximate surface area is 221 Å². The van der Waals surface area contributed by atoms with Crippen molar-refractivity contribution in [3.63, 3.8) is 0 Å². The van der Waals surface area contributed by atoms with Crippen LogP contribution in [0.4, 0.5) is 4.39 Å². The molecule has 1 aliphatic heterocycles. The third-order valence-electron chi connectivity index (χ3n) is 6.32. The molecule has 190 valence electrons. The predicted octanol–water partition coefficient (Wildman–Crippen LogP) is 5.31. The molecule has 1 aliphatic carbocycles. The first kappa shape index (κ1) is 25.4. The number of hydrogen-bond donors (Lipinski definition) is 2. The largest absolute Gasteiger partial charge is 0.487 e. The van der Waals surface area contributed by atoms with Crippen molar-refractivity contribution in [1.29, 1.82) is 0 Å². The van der Waals surface area contributed by atoms with Crippen LogP contribution in [0.2, 0.25) is 4.34 Å². The van der Waals surface area contributed by atoms with Crippen LogP contribution in [0.1, 0.15) is 47.0 Å². The van der Waals surface area contributed by atoms with Gasteiger partial charge < -0.3 is 20.1 Å². The summed E-state index contributed by atoms with van der Waals surface area (Å²) in [6.45, 7) is 2.03. The first-order chi connectivity index (χ1) is 17.4. The number of halogens is 2. The Morgan fingerprint density at radius 1 is 1.11 bits per heavy atom. The van der Waals surface area contributed by atoms with E-state index in [2.05, 4.69) is 10.2 Å². The first-order valence-corrected chi connectivity index (χ1v) is 14.0. The average molecular weight is 549 g/mol. The molecule has 1 amide bonds. The third kappa shape index (κ3) is 5.98. The van der Waals surface area contributed by atoms with Gasteiger partial charge in [0.1, 0.15) is 6.10 Å². The number of hydrogen-bond acceptors (Lipinski definition) is 7. The fraction of sp³-hybridized carbons (Fsp3) is 0.385. The van der Waals surface area contributed by atoms with E-state index in [9.17, 15) is 19.1 Å². The van der Waals surface area contributed by atoms with Crippen LogP contribution in [0.5, 0.6) is 5.75 Å². The highest BCUT2D eigenvalue weighted by Crippen LogP contribution is 2.36. The number of Topliss-reactive ketones (excluding diaryl/α,β-unsaturated/α-hetero) is 1. The van der Waals surface area contributed by atoms with E-state index in [0.29, 0.717) is 21.3 Å². The lowest BCUT2D eigenvalue weighted by Crippen LogP contribution is -2.48. The van der Waals surface area contributed by atoms with E-state index in [0.717, 1.165) is 48.5 Å². The molecule has 3 heterocycles. The Hall–Kier alpha value is -2.30. The fourth-order valence-corrected chi connectivity index (χ4v) is 6.32. The van der Waals surface area contributed by atoms with E-state index in [1.54, 1.807) is 24.3 Å². The van der Waals surface area contributed by atoms with Crippen LogP contribution >= 0.6 is 34.3 Å². The van der Waals surface area contributed by atoms with Gasteiger partial charge in [-0.1, -0.05) is 17.7 Å². The summed E-state index contributed by atoms with van der Waals surface area (Å²) < 4.78 is 20.8. The van der Waals surface area contributed by atoms with Crippen LogP contribution in [0.3, 0.4) is 0 Å². The van der Waals surface area contributed by atoms with Gasteiger partial charge in [-0.3, -0.25) is 9.59 Å². The lowest BCUT2D eigenvalue weighted by molar-refractivity contribution is -0.118. The van der Waals surface area contributed by atoms with Crippen molar-refractivity contribution in [1.82, 2.24) is 10.2 Å². The summed E-state index contributed by atoms with van der Waals surface area (Å²) >= 11 is 8.63. The van der Waals surface area contributed by atoms with Crippen LogP contribution in [0, 0.1) is 5.82 Å². The topological polar surface area (TPSA) is 78.9 Å². The number of carbonyl (C=O) groups is 2. The van der Waals surface area contributed by atoms with Crippen LogP contribution in [-0.4, -0.2) is 53.5 Å². The Kier molecular flexibility index (Phi) is 7.73. The van der Waals surface area contributed by atoms with E-state index < -0.39 is 29.7 Å². The molecular formula is C26H26ClFN2O4S2. The minimum atomic E-state index is -1.20. The number of nitrogens with zero attached hydrogens (tertiary/aromatic N) is 1. The fourth-order valence-electron chi connectivity index (χ4n) is 4.25. The Morgan fingerprint density at radius 2 is 1.83 bits per heavy atom. The highest BCUT2D eigenvalue weighted by molar-refractivity contribution is 7.25. The molecule has 0 bridgehead atoms. The van der Waals surface area contributed by atoms with Gasteiger partial charge in [0.2, 0.25) is 0 Å². The maximum atomic E-state index is 14.6. The zero-order valence-corrected chi connectivity index (χ0v) is 21.8. The molecule has 36 heavy (non-hydrogen) atoms. The highest BCUT2D eigenvalue weighted by atomic mass is 35.5. The average Bonchev–Trinajstić information content (AvgIpc) is 3.25. The van der Waals surface area contributed by atoms with E-state index in [1.165, 1.54) is 34.8 Å². The molecule has 2 aliphatic rings. The molecular weight excluding hydrogens is 523 g/mol. The number of benzene rings is 1. The molecule has 6 nitrogen and oxygen atoms in total. The second kappa shape index (κ2) is 11.0. The zero-order valence-electron chi connectivity index (χ0n) is 19.4. The van der Waals surface area contributed by atoms with Crippen molar-refractivity contribution >= 4 is 46.0 Å². The van der Waals surface area contributed by atoms with E-state index in [4.69, 9.17) is 16.3 Å². The van der Waals surface area contributed by atoms with Gasteiger partial charge in [-0.05, 0) is 80.7 Å². The van der Waals surface area contributed by atoms with Crippen LogP contribution in [0.15, 0.2) is 42.5 Å². The molecule has 2 atom stereocenters. The second-order valence-corrected chi connectivity index (χ2v) is 11.9. The van der Waals surface area contributed by atoms with Crippen molar-refractivity contribution in [2.24, 2.45) is 0 Å². The number of ether oxygens (including phenoxy) is 1. The molecule has 2 aromatic heterocycles. The van der Waals surface area contributed by atoms with E-state index in [-0.39, 0.29) is 11.9 Å². The van der Waals surface area contributed by atoms with Crippen molar-refractivity contribution in [2.75, 3.05) is 19.6 Å². The molecule has 1 saturated carbocycles. The number of rotatable bonds is 10. The van der Waals surface area contributed by atoms with Crippen molar-refractivity contribution in [2.45, 2.75) is 43.9 Å². The third-order valence-corrected chi connectivity index (χ3v) is 8.83. The maximum Gasteiger partial charge on any atom is 0.293 e.